The van der Waals surface area contributed by atoms with Gasteiger partial charge in [-0.15, -0.1) is 0 Å². The number of anilines is 1. The van der Waals surface area contributed by atoms with Gasteiger partial charge in [0.1, 0.15) is 11.3 Å². The number of rotatable bonds is 1. The first-order valence-corrected chi connectivity index (χ1v) is 7.29. The molecule has 0 atom stereocenters. The van der Waals surface area contributed by atoms with Crippen LogP contribution in [-0.4, -0.2) is 29.6 Å². The molecule has 3 rings (SSSR count). The molecule has 1 fully saturated rings. The van der Waals surface area contributed by atoms with E-state index in [-0.39, 0.29) is 5.52 Å². The van der Waals surface area contributed by atoms with E-state index in [0.29, 0.717) is 4.70 Å². The maximum atomic E-state index is 13.5. The van der Waals surface area contributed by atoms with Crippen LogP contribution in [0.3, 0.4) is 0 Å². The van der Waals surface area contributed by atoms with Gasteiger partial charge < -0.3 is 4.90 Å². The summed E-state index contributed by atoms with van der Waals surface area (Å²) >= 11 is 3.26. The lowest BCUT2D eigenvalue weighted by molar-refractivity contribution is 0.591. The molecule has 0 N–H and O–H groups in total. The predicted octanol–water partition coefficient (Wildman–Crippen LogP) is 3.13. The van der Waals surface area contributed by atoms with Crippen molar-refractivity contribution in [3.8, 4) is 0 Å². The fraction of sp³-hybridized carbons (Fsp3) is 0.364. The van der Waals surface area contributed by atoms with E-state index >= 15 is 0 Å². The molecular weight excluding hydrogens is 262 g/mol. The minimum Gasteiger partial charge on any atom is -0.346 e. The Hall–Kier alpha value is -0.880. The van der Waals surface area contributed by atoms with Crippen LogP contribution >= 0.6 is 23.1 Å². The van der Waals surface area contributed by atoms with Crippen molar-refractivity contribution < 1.29 is 8.78 Å². The third-order valence-electron chi connectivity index (χ3n) is 2.68. The maximum absolute atomic E-state index is 13.5. The zero-order valence-electron chi connectivity index (χ0n) is 8.95. The molecule has 0 bridgehead atoms. The second-order valence-electron chi connectivity index (χ2n) is 3.83. The van der Waals surface area contributed by atoms with Crippen molar-refractivity contribution in [3.05, 3.63) is 23.8 Å². The van der Waals surface area contributed by atoms with Gasteiger partial charge in [-0.05, 0) is 6.07 Å². The van der Waals surface area contributed by atoms with Gasteiger partial charge in [0.15, 0.2) is 10.9 Å². The molecule has 1 aromatic heterocycles. The molecule has 1 saturated heterocycles. The van der Waals surface area contributed by atoms with Gasteiger partial charge in [-0.25, -0.2) is 13.8 Å². The van der Waals surface area contributed by atoms with Gasteiger partial charge in [-0.3, -0.25) is 0 Å². The van der Waals surface area contributed by atoms with Crippen LogP contribution in [0.25, 0.3) is 10.2 Å². The first-order valence-electron chi connectivity index (χ1n) is 5.32. The molecule has 0 unspecified atom stereocenters. The normalized spacial score (nSPS) is 16.7. The molecule has 2 nitrogen and oxygen atoms in total. The summed E-state index contributed by atoms with van der Waals surface area (Å²) < 4.78 is 27.2. The van der Waals surface area contributed by atoms with Crippen molar-refractivity contribution in [3.63, 3.8) is 0 Å². The zero-order chi connectivity index (χ0) is 11.8. The van der Waals surface area contributed by atoms with E-state index in [4.69, 9.17) is 0 Å². The number of benzene rings is 1. The maximum Gasteiger partial charge on any atom is 0.186 e. The van der Waals surface area contributed by atoms with Crippen molar-refractivity contribution in [2.45, 2.75) is 0 Å². The van der Waals surface area contributed by atoms with Crippen molar-refractivity contribution in [1.29, 1.82) is 0 Å². The average molecular weight is 272 g/mol. The Morgan fingerprint density at radius 2 is 1.94 bits per heavy atom. The first-order chi connectivity index (χ1) is 8.24. The molecule has 1 aromatic carbocycles. The lowest BCUT2D eigenvalue weighted by Crippen LogP contribution is -2.32. The van der Waals surface area contributed by atoms with Gasteiger partial charge in [-0.2, -0.15) is 11.8 Å². The minimum atomic E-state index is -0.575. The number of hydrogen-bond acceptors (Lipinski definition) is 4. The SMILES string of the molecule is Fc1cc(F)c2nc(N3CCSCC3)sc2c1. The van der Waals surface area contributed by atoms with Crippen LogP contribution in [0.4, 0.5) is 13.9 Å². The summed E-state index contributed by atoms with van der Waals surface area (Å²) in [6, 6.07) is 2.23. The summed E-state index contributed by atoms with van der Waals surface area (Å²) in [6.07, 6.45) is 0. The number of nitrogens with zero attached hydrogens (tertiary/aromatic N) is 2. The second kappa shape index (κ2) is 4.42. The highest BCUT2D eigenvalue weighted by atomic mass is 32.2. The number of thiazole rings is 1. The van der Waals surface area contributed by atoms with E-state index in [1.807, 2.05) is 11.8 Å². The van der Waals surface area contributed by atoms with Crippen LogP contribution in [0.1, 0.15) is 0 Å². The molecule has 6 heteroatoms. The van der Waals surface area contributed by atoms with Gasteiger partial charge in [0.05, 0.1) is 4.70 Å². The first kappa shape index (κ1) is 11.2. The summed E-state index contributed by atoms with van der Waals surface area (Å²) in [6.45, 7) is 1.85. The Kier molecular flexibility index (Phi) is 2.92. The van der Waals surface area contributed by atoms with Gasteiger partial charge in [0, 0.05) is 30.7 Å². The molecule has 2 heterocycles. The lowest BCUT2D eigenvalue weighted by atomic mass is 10.3. The van der Waals surface area contributed by atoms with Gasteiger partial charge in [0.2, 0.25) is 0 Å². The Balaban J connectivity index is 2.03. The second-order valence-corrected chi connectivity index (χ2v) is 6.06. The Labute approximate surface area is 106 Å². The Bertz CT molecular complexity index is 550. The highest BCUT2D eigenvalue weighted by Gasteiger charge is 2.17. The Morgan fingerprint density at radius 1 is 1.18 bits per heavy atom. The topological polar surface area (TPSA) is 16.1 Å². The van der Waals surface area contributed by atoms with E-state index in [1.165, 1.54) is 17.4 Å². The standard InChI is InChI=1S/C11H10F2N2S2/c12-7-5-8(13)10-9(6-7)17-11(14-10)15-1-3-16-4-2-15/h5-6H,1-4H2. The monoisotopic (exact) mass is 272 g/mol. The van der Waals surface area contributed by atoms with Crippen molar-refractivity contribution >= 4 is 38.4 Å². The minimum absolute atomic E-state index is 0.282. The third-order valence-corrected chi connectivity index (χ3v) is 4.69. The van der Waals surface area contributed by atoms with Crippen LogP contribution in [0.5, 0.6) is 0 Å². The summed E-state index contributed by atoms with van der Waals surface area (Å²) in [7, 11) is 0. The molecule has 1 aliphatic rings. The molecular formula is C11H10F2N2S2. The molecule has 2 aromatic rings. The molecule has 0 saturated carbocycles. The quantitative estimate of drug-likeness (QED) is 0.793. The van der Waals surface area contributed by atoms with Crippen molar-refractivity contribution in [2.24, 2.45) is 0 Å². The van der Waals surface area contributed by atoms with Gasteiger partial charge in [0.25, 0.3) is 0 Å². The van der Waals surface area contributed by atoms with E-state index in [0.717, 1.165) is 35.8 Å². The predicted molar refractivity (Wildman–Crippen MR) is 69.1 cm³/mol. The summed E-state index contributed by atoms with van der Waals surface area (Å²) in [5.74, 6) is 1.01. The lowest BCUT2D eigenvalue weighted by Gasteiger charge is -2.25. The van der Waals surface area contributed by atoms with Crippen molar-refractivity contribution in [1.82, 2.24) is 4.98 Å². The smallest absolute Gasteiger partial charge is 0.186 e. The third kappa shape index (κ3) is 2.11. The highest BCUT2D eigenvalue weighted by molar-refractivity contribution is 7.99. The molecule has 0 amide bonds. The van der Waals surface area contributed by atoms with Crippen LogP contribution in [0.15, 0.2) is 12.1 Å². The summed E-state index contributed by atoms with van der Waals surface area (Å²) in [5, 5.41) is 0.796. The average Bonchev–Trinajstić information content (AvgIpc) is 2.74. The number of fused-ring (bicyclic) bond motifs is 1. The fourth-order valence-corrected chi connectivity index (χ4v) is 3.80. The molecule has 1 aliphatic heterocycles. The summed E-state index contributed by atoms with van der Waals surface area (Å²) in [4.78, 5) is 6.41. The van der Waals surface area contributed by atoms with Crippen LogP contribution in [0, 0.1) is 11.6 Å². The number of aromatic nitrogens is 1. The Morgan fingerprint density at radius 3 is 2.71 bits per heavy atom. The van der Waals surface area contributed by atoms with Gasteiger partial charge >= 0.3 is 0 Å². The highest BCUT2D eigenvalue weighted by Crippen LogP contribution is 2.32. The molecule has 0 radical (unpaired) electrons. The van der Waals surface area contributed by atoms with E-state index in [2.05, 4.69) is 9.88 Å². The van der Waals surface area contributed by atoms with E-state index < -0.39 is 11.6 Å². The number of halogens is 2. The van der Waals surface area contributed by atoms with Crippen molar-refractivity contribution in [2.75, 3.05) is 29.5 Å². The van der Waals surface area contributed by atoms with Crippen LogP contribution in [0.2, 0.25) is 0 Å². The zero-order valence-corrected chi connectivity index (χ0v) is 10.6. The summed E-state index contributed by atoms with van der Waals surface area (Å²) in [5.41, 5.74) is 0.282. The molecule has 90 valence electrons. The molecule has 17 heavy (non-hydrogen) atoms. The largest absolute Gasteiger partial charge is 0.346 e. The number of thioether (sulfide) groups is 1. The van der Waals surface area contributed by atoms with Crippen LogP contribution < -0.4 is 4.90 Å². The van der Waals surface area contributed by atoms with E-state index in [1.54, 1.807) is 0 Å². The molecule has 0 aliphatic carbocycles. The molecule has 0 spiro atoms. The number of hydrogen-bond donors (Lipinski definition) is 0. The van der Waals surface area contributed by atoms with Crippen LogP contribution in [-0.2, 0) is 0 Å². The fourth-order valence-electron chi connectivity index (χ4n) is 1.84. The van der Waals surface area contributed by atoms with E-state index in [9.17, 15) is 8.78 Å². The van der Waals surface area contributed by atoms with Gasteiger partial charge in [-0.1, -0.05) is 11.3 Å².